The van der Waals surface area contributed by atoms with E-state index in [0.717, 1.165) is 0 Å². The van der Waals surface area contributed by atoms with Crippen molar-refractivity contribution in [3.8, 4) is 0 Å². The van der Waals surface area contributed by atoms with Gasteiger partial charge in [0.2, 0.25) is 0 Å². The second kappa shape index (κ2) is 6.15. The van der Waals surface area contributed by atoms with Crippen LogP contribution in [0.5, 0.6) is 0 Å². The molecule has 0 heterocycles. The van der Waals surface area contributed by atoms with Crippen LogP contribution in [-0.4, -0.2) is 31.6 Å². The van der Waals surface area contributed by atoms with Crippen molar-refractivity contribution in [1.29, 1.82) is 0 Å². The molecule has 0 spiro atoms. The molecule has 0 fully saturated rings. The topological polar surface area (TPSA) is 47.3 Å². The molecule has 0 saturated carbocycles. The highest BCUT2D eigenvalue weighted by molar-refractivity contribution is 4.69. The highest BCUT2D eigenvalue weighted by Gasteiger charge is 2.40. The first-order chi connectivity index (χ1) is 6.44. The molecule has 14 heavy (non-hydrogen) atoms. The maximum Gasteiger partial charge on any atom is 0.330 e. The van der Waals surface area contributed by atoms with E-state index >= 15 is 0 Å². The minimum atomic E-state index is -4.09. The van der Waals surface area contributed by atoms with Gasteiger partial charge in [0.1, 0.15) is 6.61 Å². The third-order valence-electron chi connectivity index (χ3n) is 1.66. The number of nitrogens with two attached hydrogens (primary N) is 1. The molecule has 0 aliphatic carbocycles. The first-order valence-corrected chi connectivity index (χ1v) is 4.13. The van der Waals surface area contributed by atoms with Crippen LogP contribution < -0.4 is 11.3 Å². The molecule has 3 nitrogen and oxygen atoms in total. The largest absolute Gasteiger partial charge is 0.373 e. The Labute approximate surface area is 79.6 Å². The Kier molecular flexibility index (Phi) is 5.98. The zero-order valence-corrected chi connectivity index (χ0v) is 7.77. The molecule has 0 amide bonds. The van der Waals surface area contributed by atoms with Crippen LogP contribution >= 0.6 is 0 Å². The molecule has 0 rings (SSSR count). The van der Waals surface area contributed by atoms with Crippen molar-refractivity contribution in [2.45, 2.75) is 31.7 Å². The van der Waals surface area contributed by atoms with Gasteiger partial charge in [-0.3, -0.25) is 11.3 Å². The molecule has 7 heteroatoms. The standard InChI is InChI=1S/C7H14F4N2O/c1-2-5(13-12)3-14-4-7(10,11)6(8)9/h5-6,13H,2-4,12H2,1H3. The normalized spacial score (nSPS) is 14.8. The molecule has 1 atom stereocenters. The summed E-state index contributed by atoms with van der Waals surface area (Å²) in [5.41, 5.74) is 2.31. The molecular formula is C7H14F4N2O. The number of rotatable bonds is 7. The van der Waals surface area contributed by atoms with E-state index < -0.39 is 19.0 Å². The second-order valence-electron chi connectivity index (χ2n) is 2.85. The third-order valence-corrected chi connectivity index (χ3v) is 1.66. The Morgan fingerprint density at radius 2 is 2.00 bits per heavy atom. The second-order valence-corrected chi connectivity index (χ2v) is 2.85. The average molecular weight is 218 g/mol. The van der Waals surface area contributed by atoms with E-state index in [0.29, 0.717) is 6.42 Å². The Morgan fingerprint density at radius 1 is 1.43 bits per heavy atom. The molecule has 0 aliphatic heterocycles. The van der Waals surface area contributed by atoms with E-state index in [4.69, 9.17) is 5.84 Å². The van der Waals surface area contributed by atoms with Gasteiger partial charge in [-0.05, 0) is 6.42 Å². The first-order valence-electron chi connectivity index (χ1n) is 4.13. The Balaban J connectivity index is 3.72. The lowest BCUT2D eigenvalue weighted by Gasteiger charge is -2.18. The van der Waals surface area contributed by atoms with E-state index in [-0.39, 0.29) is 12.6 Å². The molecular weight excluding hydrogens is 204 g/mol. The number of ether oxygens (including phenoxy) is 1. The summed E-state index contributed by atoms with van der Waals surface area (Å²) in [7, 11) is 0. The van der Waals surface area contributed by atoms with Crippen LogP contribution in [-0.2, 0) is 4.74 Å². The van der Waals surface area contributed by atoms with Gasteiger partial charge in [-0.15, -0.1) is 0 Å². The fourth-order valence-electron chi connectivity index (χ4n) is 0.684. The number of halogens is 4. The number of hydrogen-bond acceptors (Lipinski definition) is 3. The van der Waals surface area contributed by atoms with Gasteiger partial charge in [0.25, 0.3) is 0 Å². The molecule has 3 N–H and O–H groups in total. The summed E-state index contributed by atoms with van der Waals surface area (Å²) < 4.78 is 52.2. The van der Waals surface area contributed by atoms with Crippen LogP contribution in [0.2, 0.25) is 0 Å². The number of nitrogens with one attached hydrogen (secondary N) is 1. The quantitative estimate of drug-likeness (QED) is 0.383. The zero-order valence-electron chi connectivity index (χ0n) is 7.77. The van der Waals surface area contributed by atoms with Crippen molar-refractivity contribution in [3.05, 3.63) is 0 Å². The van der Waals surface area contributed by atoms with E-state index in [9.17, 15) is 17.6 Å². The SMILES string of the molecule is CCC(COCC(F)(F)C(F)F)NN. The van der Waals surface area contributed by atoms with Crippen molar-refractivity contribution >= 4 is 0 Å². The maximum absolute atomic E-state index is 12.3. The van der Waals surface area contributed by atoms with E-state index in [2.05, 4.69) is 10.2 Å². The summed E-state index contributed by atoms with van der Waals surface area (Å²) >= 11 is 0. The van der Waals surface area contributed by atoms with Crippen molar-refractivity contribution < 1.29 is 22.3 Å². The van der Waals surface area contributed by atoms with Gasteiger partial charge in [0.15, 0.2) is 0 Å². The molecule has 0 saturated heterocycles. The predicted molar refractivity (Wildman–Crippen MR) is 43.2 cm³/mol. The monoisotopic (exact) mass is 218 g/mol. The number of alkyl halides is 4. The molecule has 0 bridgehead atoms. The lowest BCUT2D eigenvalue weighted by atomic mass is 10.2. The van der Waals surface area contributed by atoms with Gasteiger partial charge >= 0.3 is 12.3 Å². The highest BCUT2D eigenvalue weighted by Crippen LogP contribution is 2.22. The summed E-state index contributed by atoms with van der Waals surface area (Å²) in [4.78, 5) is 0. The van der Waals surface area contributed by atoms with Gasteiger partial charge < -0.3 is 4.74 Å². The summed E-state index contributed by atoms with van der Waals surface area (Å²) in [5.74, 6) is 0.937. The highest BCUT2D eigenvalue weighted by atomic mass is 19.3. The molecule has 0 aliphatic rings. The minimum absolute atomic E-state index is 0.116. The van der Waals surface area contributed by atoms with Crippen LogP contribution in [0.4, 0.5) is 17.6 Å². The molecule has 0 aromatic rings. The van der Waals surface area contributed by atoms with Crippen LogP contribution in [0, 0.1) is 0 Å². The first kappa shape index (κ1) is 13.6. The Morgan fingerprint density at radius 3 is 2.36 bits per heavy atom. The number of hydrazine groups is 1. The van der Waals surface area contributed by atoms with Gasteiger partial charge in [0, 0.05) is 6.04 Å². The van der Waals surface area contributed by atoms with Crippen molar-refractivity contribution in [1.82, 2.24) is 5.43 Å². The fraction of sp³-hybridized carbons (Fsp3) is 1.00. The van der Waals surface area contributed by atoms with Crippen LogP contribution in [0.25, 0.3) is 0 Å². The van der Waals surface area contributed by atoms with Gasteiger partial charge in [-0.25, -0.2) is 8.78 Å². The summed E-state index contributed by atoms with van der Waals surface area (Å²) in [5, 5.41) is 0. The molecule has 86 valence electrons. The van der Waals surface area contributed by atoms with E-state index in [1.54, 1.807) is 6.92 Å². The summed E-state index contributed by atoms with van der Waals surface area (Å²) in [6.07, 6.45) is -3.13. The van der Waals surface area contributed by atoms with Crippen LogP contribution in [0.1, 0.15) is 13.3 Å². The molecule has 0 aromatic heterocycles. The lowest BCUT2D eigenvalue weighted by molar-refractivity contribution is -0.167. The predicted octanol–water partition coefficient (Wildman–Crippen LogP) is 1.15. The average Bonchev–Trinajstić information content (AvgIpc) is 2.12. The zero-order chi connectivity index (χ0) is 11.2. The maximum atomic E-state index is 12.3. The molecule has 0 aromatic carbocycles. The van der Waals surface area contributed by atoms with Gasteiger partial charge in [0.05, 0.1) is 6.61 Å². The summed E-state index contributed by atoms with van der Waals surface area (Å²) in [6, 6.07) is -0.302. The van der Waals surface area contributed by atoms with Gasteiger partial charge in [-0.1, -0.05) is 6.92 Å². The van der Waals surface area contributed by atoms with Crippen LogP contribution in [0.15, 0.2) is 0 Å². The fourth-order valence-corrected chi connectivity index (χ4v) is 0.684. The molecule has 0 radical (unpaired) electrons. The summed E-state index contributed by atoms with van der Waals surface area (Å²) in [6.45, 7) is 0.358. The minimum Gasteiger partial charge on any atom is -0.373 e. The Hall–Kier alpha value is -0.400. The van der Waals surface area contributed by atoms with Crippen molar-refractivity contribution in [2.24, 2.45) is 5.84 Å². The Bertz CT molecular complexity index is 153. The third kappa shape index (κ3) is 4.73. The van der Waals surface area contributed by atoms with Crippen LogP contribution in [0.3, 0.4) is 0 Å². The number of hydrogen-bond donors (Lipinski definition) is 2. The molecule has 1 unspecified atom stereocenters. The smallest absolute Gasteiger partial charge is 0.330 e. The van der Waals surface area contributed by atoms with Crippen molar-refractivity contribution in [3.63, 3.8) is 0 Å². The van der Waals surface area contributed by atoms with E-state index in [1.165, 1.54) is 0 Å². The lowest BCUT2D eigenvalue weighted by Crippen LogP contribution is -2.40. The van der Waals surface area contributed by atoms with Crippen molar-refractivity contribution in [2.75, 3.05) is 13.2 Å². The van der Waals surface area contributed by atoms with E-state index in [1.807, 2.05) is 0 Å². The van der Waals surface area contributed by atoms with Gasteiger partial charge in [-0.2, -0.15) is 8.78 Å².